The topological polar surface area (TPSA) is 122 Å². The fraction of sp³-hybridized carbons (Fsp3) is 0.379. The maximum absolute atomic E-state index is 14.4. The lowest BCUT2D eigenvalue weighted by molar-refractivity contribution is -0.142. The maximum atomic E-state index is 14.4. The number of nitrogens with zero attached hydrogens (tertiary/aromatic N) is 4. The van der Waals surface area contributed by atoms with Crippen LogP contribution in [0.3, 0.4) is 0 Å². The van der Waals surface area contributed by atoms with E-state index in [1.54, 1.807) is 4.90 Å². The summed E-state index contributed by atoms with van der Waals surface area (Å²) >= 11 is 0. The standard InChI is InChI=1S/C29H28F6N4O7S/c1-44-26(41)16-37-4-5-38-21(14-37)15-39(47(42,43)25-11-19(29(33,34)35)13-36-27(25)45-7-6-40)24-10-17(2-3-23(24)38)18-8-20(30)12-22(9-18)46-28(31)32/h2-3,8-13,21,28,40H,4-7,14-16H2,1H3/t21-/m0/s1. The minimum Gasteiger partial charge on any atom is -0.474 e. The summed E-state index contributed by atoms with van der Waals surface area (Å²) in [5.41, 5.74) is -0.785. The lowest BCUT2D eigenvalue weighted by Crippen LogP contribution is -2.61. The number of aliphatic hydroxyl groups excluding tert-OH is 1. The van der Waals surface area contributed by atoms with Gasteiger partial charge in [-0.25, -0.2) is 17.8 Å². The Morgan fingerprint density at radius 1 is 1.06 bits per heavy atom. The third-order valence-electron chi connectivity index (χ3n) is 7.55. The summed E-state index contributed by atoms with van der Waals surface area (Å²) in [5, 5.41) is 9.23. The quantitative estimate of drug-likeness (QED) is 0.249. The molecule has 0 bridgehead atoms. The molecule has 1 N–H and O–H groups in total. The van der Waals surface area contributed by atoms with Crippen LogP contribution in [0.4, 0.5) is 37.7 Å². The molecule has 0 aliphatic carbocycles. The van der Waals surface area contributed by atoms with E-state index < -0.39 is 75.9 Å². The van der Waals surface area contributed by atoms with Gasteiger partial charge in [0.25, 0.3) is 10.0 Å². The molecule has 11 nitrogen and oxygen atoms in total. The van der Waals surface area contributed by atoms with Crippen LogP contribution in [-0.2, 0) is 25.7 Å². The fourth-order valence-electron chi connectivity index (χ4n) is 5.49. The van der Waals surface area contributed by atoms with Gasteiger partial charge in [-0.15, -0.1) is 0 Å². The van der Waals surface area contributed by atoms with Gasteiger partial charge in [0, 0.05) is 31.9 Å². The minimum atomic E-state index is -4.97. The predicted octanol–water partition coefficient (Wildman–Crippen LogP) is 3.75. The van der Waals surface area contributed by atoms with E-state index >= 15 is 0 Å². The first-order valence-electron chi connectivity index (χ1n) is 14.0. The molecule has 0 spiro atoms. The first-order valence-corrected chi connectivity index (χ1v) is 15.4. The van der Waals surface area contributed by atoms with E-state index in [0.717, 1.165) is 22.5 Å². The van der Waals surface area contributed by atoms with E-state index in [1.165, 1.54) is 25.3 Å². The van der Waals surface area contributed by atoms with Crippen molar-refractivity contribution in [3.63, 3.8) is 0 Å². The number of alkyl halides is 5. The van der Waals surface area contributed by atoms with Crippen molar-refractivity contribution in [2.75, 3.05) is 62.3 Å². The number of anilines is 2. The van der Waals surface area contributed by atoms with Crippen molar-refractivity contribution in [1.29, 1.82) is 0 Å². The number of sulfonamides is 1. The molecule has 2 aromatic carbocycles. The molecule has 0 unspecified atom stereocenters. The van der Waals surface area contributed by atoms with Gasteiger partial charge in [-0.1, -0.05) is 6.07 Å². The molecule has 18 heteroatoms. The maximum Gasteiger partial charge on any atom is 0.417 e. The van der Waals surface area contributed by atoms with Crippen molar-refractivity contribution in [1.82, 2.24) is 9.88 Å². The Morgan fingerprint density at radius 3 is 2.51 bits per heavy atom. The van der Waals surface area contributed by atoms with Crippen LogP contribution < -0.4 is 18.7 Å². The Morgan fingerprint density at radius 2 is 1.83 bits per heavy atom. The number of carbonyl (C=O) groups is 1. The number of carbonyl (C=O) groups excluding carboxylic acids is 1. The summed E-state index contributed by atoms with van der Waals surface area (Å²) < 4.78 is 125. The number of piperazine rings is 1. The monoisotopic (exact) mass is 690 g/mol. The van der Waals surface area contributed by atoms with Crippen molar-refractivity contribution < 1.29 is 58.9 Å². The van der Waals surface area contributed by atoms with E-state index in [4.69, 9.17) is 9.47 Å². The Balaban J connectivity index is 1.65. The molecular formula is C29H28F6N4O7S. The average molecular weight is 691 g/mol. The third kappa shape index (κ3) is 7.33. The normalized spacial score (nSPS) is 16.9. The summed E-state index contributed by atoms with van der Waals surface area (Å²) in [4.78, 5) is 18.3. The molecule has 2 aliphatic rings. The molecule has 0 amide bonds. The fourth-order valence-corrected chi connectivity index (χ4v) is 7.11. The van der Waals surface area contributed by atoms with E-state index in [0.29, 0.717) is 31.0 Å². The smallest absolute Gasteiger partial charge is 0.417 e. The second-order valence-corrected chi connectivity index (χ2v) is 12.4. The molecule has 3 heterocycles. The third-order valence-corrected chi connectivity index (χ3v) is 9.33. The number of rotatable bonds is 10. The summed E-state index contributed by atoms with van der Waals surface area (Å²) in [7, 11) is -3.69. The molecule has 47 heavy (non-hydrogen) atoms. The summed E-state index contributed by atoms with van der Waals surface area (Å²) in [6.07, 6.45) is -4.56. The highest BCUT2D eigenvalue weighted by molar-refractivity contribution is 7.93. The number of benzene rings is 2. The Bertz CT molecular complexity index is 1740. The summed E-state index contributed by atoms with van der Waals surface area (Å²) in [6.45, 7) is -3.81. The van der Waals surface area contributed by atoms with Crippen LogP contribution in [0.2, 0.25) is 0 Å². The SMILES string of the molecule is COC(=O)CN1CCN2c3ccc(-c4cc(F)cc(OC(F)F)c4)cc3N(S(=O)(=O)c3cc(C(F)(F)F)cnc3OCCO)C[C@@H]2C1. The van der Waals surface area contributed by atoms with E-state index in [2.05, 4.69) is 9.72 Å². The van der Waals surface area contributed by atoms with Crippen LogP contribution in [0.25, 0.3) is 11.1 Å². The van der Waals surface area contributed by atoms with Crippen LogP contribution >= 0.6 is 0 Å². The number of ether oxygens (including phenoxy) is 3. The van der Waals surface area contributed by atoms with Gasteiger partial charge >= 0.3 is 18.8 Å². The van der Waals surface area contributed by atoms with Crippen LogP contribution in [0, 0.1) is 5.82 Å². The van der Waals surface area contributed by atoms with Gasteiger partial charge in [-0.2, -0.15) is 22.0 Å². The number of hydrogen-bond donors (Lipinski definition) is 1. The second-order valence-electron chi connectivity index (χ2n) is 10.5. The van der Waals surface area contributed by atoms with Crippen molar-refractivity contribution in [2.24, 2.45) is 0 Å². The summed E-state index contributed by atoms with van der Waals surface area (Å²) in [5.74, 6) is -2.60. The zero-order chi connectivity index (χ0) is 34.1. The highest BCUT2D eigenvalue weighted by Crippen LogP contribution is 2.44. The highest BCUT2D eigenvalue weighted by atomic mass is 32.2. The molecule has 1 aromatic heterocycles. The Labute approximate surface area is 264 Å². The van der Waals surface area contributed by atoms with E-state index in [-0.39, 0.29) is 36.4 Å². The molecule has 254 valence electrons. The zero-order valence-corrected chi connectivity index (χ0v) is 25.4. The van der Waals surface area contributed by atoms with Crippen molar-refractivity contribution >= 4 is 27.4 Å². The largest absolute Gasteiger partial charge is 0.474 e. The van der Waals surface area contributed by atoms with Gasteiger partial charge in [0.1, 0.15) is 18.2 Å². The number of aliphatic hydroxyl groups is 1. The number of methoxy groups -OCH3 is 1. The second kappa shape index (κ2) is 13.4. The lowest BCUT2D eigenvalue weighted by Gasteiger charge is -2.49. The number of esters is 1. The molecule has 3 aromatic rings. The molecule has 1 atom stereocenters. The van der Waals surface area contributed by atoms with Crippen LogP contribution in [0.5, 0.6) is 11.6 Å². The molecule has 5 rings (SSSR count). The average Bonchev–Trinajstić information content (AvgIpc) is 3.01. The molecule has 1 fully saturated rings. The number of aromatic nitrogens is 1. The van der Waals surface area contributed by atoms with Gasteiger partial charge in [0.15, 0.2) is 4.90 Å². The number of halogens is 6. The van der Waals surface area contributed by atoms with Crippen LogP contribution in [-0.4, -0.2) is 95.1 Å². The first kappa shape index (κ1) is 34.1. The van der Waals surface area contributed by atoms with Gasteiger partial charge in [0.05, 0.1) is 49.8 Å². The number of hydrogen-bond acceptors (Lipinski definition) is 10. The number of fused-ring (bicyclic) bond motifs is 3. The van der Waals surface area contributed by atoms with E-state index in [9.17, 15) is 44.7 Å². The van der Waals surface area contributed by atoms with Gasteiger partial charge < -0.3 is 24.2 Å². The first-order chi connectivity index (χ1) is 22.2. The zero-order valence-electron chi connectivity index (χ0n) is 24.6. The molecule has 2 aliphatic heterocycles. The molecule has 1 saturated heterocycles. The number of pyridine rings is 1. The minimum absolute atomic E-state index is 0.00808. The highest BCUT2D eigenvalue weighted by Gasteiger charge is 2.43. The molecular weight excluding hydrogens is 662 g/mol. The predicted molar refractivity (Wildman–Crippen MR) is 154 cm³/mol. The van der Waals surface area contributed by atoms with Crippen molar-refractivity contribution in [3.05, 3.63) is 60.0 Å². The lowest BCUT2D eigenvalue weighted by atomic mass is 10.00. The Kier molecular flexibility index (Phi) is 9.74. The van der Waals surface area contributed by atoms with Crippen LogP contribution in [0.1, 0.15) is 5.56 Å². The summed E-state index contributed by atoms with van der Waals surface area (Å²) in [6, 6.07) is 7.07. The van der Waals surface area contributed by atoms with Gasteiger partial charge in [-0.3, -0.25) is 14.0 Å². The Hall–Kier alpha value is -4.29. The van der Waals surface area contributed by atoms with Crippen LogP contribution in [0.15, 0.2) is 53.6 Å². The van der Waals surface area contributed by atoms with Gasteiger partial charge in [-0.05, 0) is 41.5 Å². The molecule has 0 saturated carbocycles. The van der Waals surface area contributed by atoms with Gasteiger partial charge in [0.2, 0.25) is 5.88 Å². The van der Waals surface area contributed by atoms with E-state index in [1.807, 2.05) is 4.90 Å². The van der Waals surface area contributed by atoms with Crippen molar-refractivity contribution in [3.8, 4) is 22.8 Å². The molecule has 0 radical (unpaired) electrons. The van der Waals surface area contributed by atoms with Crippen molar-refractivity contribution in [2.45, 2.75) is 23.7 Å².